The molecule has 1 aliphatic carbocycles. The lowest BCUT2D eigenvalue weighted by Crippen LogP contribution is -2.51. The van der Waals surface area contributed by atoms with E-state index >= 15 is 0 Å². The summed E-state index contributed by atoms with van der Waals surface area (Å²) in [6.45, 7) is 2.44. The highest BCUT2D eigenvalue weighted by Gasteiger charge is 2.38. The summed E-state index contributed by atoms with van der Waals surface area (Å²) in [4.78, 5) is 12.2. The van der Waals surface area contributed by atoms with Gasteiger partial charge in [-0.15, -0.1) is 0 Å². The van der Waals surface area contributed by atoms with Gasteiger partial charge in [-0.05, 0) is 49.3 Å². The van der Waals surface area contributed by atoms with E-state index in [4.69, 9.17) is 15.2 Å². The number of carbonyl (C=O) groups excluding carboxylic acids is 1. The van der Waals surface area contributed by atoms with Gasteiger partial charge in [0.15, 0.2) is 0 Å². The molecule has 110 valence electrons. The minimum absolute atomic E-state index is 0.241. The van der Waals surface area contributed by atoms with E-state index in [2.05, 4.69) is 6.92 Å². The van der Waals surface area contributed by atoms with Gasteiger partial charge in [0.1, 0.15) is 17.9 Å². The van der Waals surface area contributed by atoms with Crippen LogP contribution in [0.15, 0.2) is 24.3 Å². The highest BCUT2D eigenvalue weighted by molar-refractivity contribution is 5.80. The van der Waals surface area contributed by atoms with Gasteiger partial charge in [-0.2, -0.15) is 0 Å². The molecule has 2 rings (SSSR count). The second-order valence-electron chi connectivity index (χ2n) is 5.77. The molecule has 1 aliphatic rings. The largest absolute Gasteiger partial charge is 0.497 e. The molecule has 0 bridgehead atoms. The van der Waals surface area contributed by atoms with E-state index in [1.54, 1.807) is 7.11 Å². The number of esters is 1. The van der Waals surface area contributed by atoms with E-state index in [-0.39, 0.29) is 12.6 Å². The third-order valence-electron chi connectivity index (χ3n) is 4.08. The van der Waals surface area contributed by atoms with Crippen LogP contribution in [-0.2, 0) is 16.1 Å². The van der Waals surface area contributed by atoms with Gasteiger partial charge in [0.25, 0.3) is 0 Å². The lowest BCUT2D eigenvalue weighted by molar-refractivity contribution is -0.153. The van der Waals surface area contributed by atoms with Gasteiger partial charge >= 0.3 is 5.97 Å². The molecule has 4 nitrogen and oxygen atoms in total. The molecule has 1 aromatic rings. The topological polar surface area (TPSA) is 61.5 Å². The predicted octanol–water partition coefficient (Wildman–Crippen LogP) is 2.65. The Bertz CT molecular complexity index is 465. The molecule has 20 heavy (non-hydrogen) atoms. The highest BCUT2D eigenvalue weighted by Crippen LogP contribution is 2.31. The van der Waals surface area contributed by atoms with Crippen molar-refractivity contribution in [2.45, 2.75) is 44.8 Å². The number of carbonyl (C=O) groups is 1. The normalized spacial score (nSPS) is 26.1. The van der Waals surface area contributed by atoms with Gasteiger partial charge in [0.05, 0.1) is 7.11 Å². The molecule has 0 spiro atoms. The molecule has 0 heterocycles. The van der Waals surface area contributed by atoms with E-state index in [0.717, 1.165) is 24.2 Å². The first-order chi connectivity index (χ1) is 9.53. The Labute approximate surface area is 120 Å². The van der Waals surface area contributed by atoms with Crippen LogP contribution >= 0.6 is 0 Å². The predicted molar refractivity (Wildman–Crippen MR) is 77.3 cm³/mol. The van der Waals surface area contributed by atoms with Crippen molar-refractivity contribution in [2.75, 3.05) is 7.11 Å². The molecule has 2 N–H and O–H groups in total. The number of rotatable bonds is 4. The van der Waals surface area contributed by atoms with Crippen molar-refractivity contribution in [3.05, 3.63) is 29.8 Å². The van der Waals surface area contributed by atoms with Gasteiger partial charge in [-0.25, -0.2) is 0 Å². The summed E-state index contributed by atoms with van der Waals surface area (Å²) < 4.78 is 10.5. The molecule has 0 unspecified atom stereocenters. The van der Waals surface area contributed by atoms with Crippen LogP contribution in [0, 0.1) is 5.92 Å². The molecule has 0 saturated heterocycles. The zero-order valence-corrected chi connectivity index (χ0v) is 12.2. The maximum Gasteiger partial charge on any atom is 0.326 e. The van der Waals surface area contributed by atoms with Crippen molar-refractivity contribution in [2.24, 2.45) is 11.7 Å². The van der Waals surface area contributed by atoms with Crippen LogP contribution in [0.5, 0.6) is 5.75 Å². The maximum atomic E-state index is 12.2. The van der Waals surface area contributed by atoms with Gasteiger partial charge in [0.2, 0.25) is 0 Å². The zero-order chi connectivity index (χ0) is 14.6. The van der Waals surface area contributed by atoms with Crippen LogP contribution in [0.3, 0.4) is 0 Å². The Kier molecular flexibility index (Phi) is 4.65. The van der Waals surface area contributed by atoms with Crippen molar-refractivity contribution >= 4 is 5.97 Å². The van der Waals surface area contributed by atoms with E-state index in [1.807, 2.05) is 24.3 Å². The summed E-state index contributed by atoms with van der Waals surface area (Å²) in [6, 6.07) is 7.50. The fraction of sp³-hybridized carbons (Fsp3) is 0.562. The smallest absolute Gasteiger partial charge is 0.326 e. The lowest BCUT2D eigenvalue weighted by Gasteiger charge is -2.33. The van der Waals surface area contributed by atoms with E-state index < -0.39 is 5.54 Å². The molecule has 1 saturated carbocycles. The Hall–Kier alpha value is -1.55. The first-order valence-corrected chi connectivity index (χ1v) is 7.12. The second kappa shape index (κ2) is 6.27. The van der Waals surface area contributed by atoms with Crippen molar-refractivity contribution in [1.82, 2.24) is 0 Å². The Morgan fingerprint density at radius 2 is 2.10 bits per heavy atom. The van der Waals surface area contributed by atoms with Crippen LogP contribution < -0.4 is 10.5 Å². The molecule has 0 amide bonds. The Morgan fingerprint density at radius 1 is 1.40 bits per heavy atom. The third kappa shape index (κ3) is 3.51. The minimum Gasteiger partial charge on any atom is -0.497 e. The van der Waals surface area contributed by atoms with Gasteiger partial charge < -0.3 is 15.2 Å². The van der Waals surface area contributed by atoms with Crippen LogP contribution in [0.2, 0.25) is 0 Å². The number of methoxy groups -OCH3 is 1. The third-order valence-corrected chi connectivity index (χ3v) is 4.08. The summed E-state index contributed by atoms with van der Waals surface area (Å²) in [5.74, 6) is 1.12. The minimum atomic E-state index is -0.800. The van der Waals surface area contributed by atoms with E-state index in [9.17, 15) is 4.79 Å². The average molecular weight is 277 g/mol. The molecule has 0 aromatic heterocycles. The van der Waals surface area contributed by atoms with Gasteiger partial charge in [0, 0.05) is 0 Å². The van der Waals surface area contributed by atoms with Crippen molar-refractivity contribution in [1.29, 1.82) is 0 Å². The Balaban J connectivity index is 1.91. The average Bonchev–Trinajstić information content (AvgIpc) is 2.48. The summed E-state index contributed by atoms with van der Waals surface area (Å²) in [6.07, 6.45) is 3.41. The summed E-state index contributed by atoms with van der Waals surface area (Å²) >= 11 is 0. The molecular weight excluding hydrogens is 254 g/mol. The molecule has 4 heteroatoms. The van der Waals surface area contributed by atoms with Crippen LogP contribution in [-0.4, -0.2) is 18.6 Å². The SMILES string of the molecule is COc1cccc(COC(=O)C2(N)CCC(C)CC2)c1. The summed E-state index contributed by atoms with van der Waals surface area (Å²) in [5, 5.41) is 0. The van der Waals surface area contributed by atoms with E-state index in [1.165, 1.54) is 0 Å². The first-order valence-electron chi connectivity index (χ1n) is 7.12. The lowest BCUT2D eigenvalue weighted by atomic mass is 9.78. The number of hydrogen-bond donors (Lipinski definition) is 1. The van der Waals surface area contributed by atoms with Gasteiger partial charge in [-0.3, -0.25) is 4.79 Å². The highest BCUT2D eigenvalue weighted by atomic mass is 16.5. The quantitative estimate of drug-likeness (QED) is 0.859. The van der Waals surface area contributed by atoms with Crippen molar-refractivity contribution in [3.8, 4) is 5.75 Å². The van der Waals surface area contributed by atoms with Crippen molar-refractivity contribution in [3.63, 3.8) is 0 Å². The molecule has 1 fully saturated rings. The van der Waals surface area contributed by atoms with Gasteiger partial charge in [-0.1, -0.05) is 19.1 Å². The summed E-state index contributed by atoms with van der Waals surface area (Å²) in [7, 11) is 1.61. The number of hydrogen-bond acceptors (Lipinski definition) is 4. The number of nitrogens with two attached hydrogens (primary N) is 1. The molecule has 0 aliphatic heterocycles. The van der Waals surface area contributed by atoms with Crippen LogP contribution in [0.4, 0.5) is 0 Å². The maximum absolute atomic E-state index is 12.2. The fourth-order valence-corrected chi connectivity index (χ4v) is 2.54. The molecule has 0 radical (unpaired) electrons. The number of ether oxygens (including phenoxy) is 2. The van der Waals surface area contributed by atoms with Crippen molar-refractivity contribution < 1.29 is 14.3 Å². The summed E-state index contributed by atoms with van der Waals surface area (Å²) in [5.41, 5.74) is 6.29. The zero-order valence-electron chi connectivity index (χ0n) is 12.2. The molecule has 1 aromatic carbocycles. The first kappa shape index (κ1) is 14.9. The Morgan fingerprint density at radius 3 is 2.75 bits per heavy atom. The number of benzene rings is 1. The standard InChI is InChI=1S/C16H23NO3/c1-12-6-8-16(17,9-7-12)15(18)20-11-13-4-3-5-14(10-13)19-2/h3-5,10,12H,6-9,11,17H2,1-2H3. The molecular formula is C16H23NO3. The molecule has 0 atom stereocenters. The van der Waals surface area contributed by atoms with E-state index in [0.29, 0.717) is 18.8 Å². The van der Waals surface area contributed by atoms with Crippen LogP contribution in [0.1, 0.15) is 38.2 Å². The van der Waals surface area contributed by atoms with Crippen LogP contribution in [0.25, 0.3) is 0 Å². The fourth-order valence-electron chi connectivity index (χ4n) is 2.54. The second-order valence-corrected chi connectivity index (χ2v) is 5.77. The monoisotopic (exact) mass is 277 g/mol.